The van der Waals surface area contributed by atoms with Crippen molar-refractivity contribution >= 4 is 20.5 Å². The lowest BCUT2D eigenvalue weighted by Gasteiger charge is -2.36. The van der Waals surface area contributed by atoms with E-state index in [4.69, 9.17) is 9.47 Å². The molecule has 0 saturated carbocycles. The summed E-state index contributed by atoms with van der Waals surface area (Å²) in [6, 6.07) is 14.9. The highest BCUT2D eigenvalue weighted by molar-refractivity contribution is 7.27. The van der Waals surface area contributed by atoms with Gasteiger partial charge >= 0.3 is 5.97 Å². The fraction of sp³-hybridized carbons (Fsp3) is 0.0500. The van der Waals surface area contributed by atoms with E-state index in [2.05, 4.69) is 9.24 Å². The molecule has 0 fully saturated rings. The average molecular weight is 364 g/mol. The molecule has 0 aliphatic carbocycles. The first-order valence-electron chi connectivity index (χ1n) is 7.97. The van der Waals surface area contributed by atoms with E-state index < -0.39 is 11.6 Å². The molecule has 2 heterocycles. The van der Waals surface area contributed by atoms with Gasteiger partial charge in [0.15, 0.2) is 5.60 Å². The van der Waals surface area contributed by atoms with Crippen LogP contribution in [0, 0.1) is 0 Å². The number of esters is 1. The molecule has 26 heavy (non-hydrogen) atoms. The minimum absolute atomic E-state index is 0.0341. The first-order valence-corrected chi connectivity index (χ1v) is 8.55. The molecule has 5 rings (SSSR count). The topological polar surface area (TPSA) is 76.0 Å². The number of carbonyl (C=O) groups is 1. The summed E-state index contributed by atoms with van der Waals surface area (Å²) in [5.41, 5.74) is 1.24. The normalized spacial score (nSPS) is 15.7. The number of ether oxygens (including phenoxy) is 2. The molecule has 0 bridgehead atoms. The van der Waals surface area contributed by atoms with Crippen molar-refractivity contribution in [2.75, 3.05) is 0 Å². The van der Waals surface area contributed by atoms with Gasteiger partial charge in [-0.15, -0.1) is 9.24 Å². The number of rotatable bonds is 0. The molecular weight excluding hydrogens is 351 g/mol. The van der Waals surface area contributed by atoms with Crippen LogP contribution in [0.15, 0.2) is 54.6 Å². The maximum Gasteiger partial charge on any atom is 0.340 e. The molecule has 128 valence electrons. The van der Waals surface area contributed by atoms with Gasteiger partial charge < -0.3 is 19.7 Å². The second kappa shape index (κ2) is 4.99. The lowest BCUT2D eigenvalue weighted by Crippen LogP contribution is -2.33. The van der Waals surface area contributed by atoms with Gasteiger partial charge in [-0.2, -0.15) is 0 Å². The molecule has 3 aromatic rings. The molecule has 1 spiro atoms. The highest BCUT2D eigenvalue weighted by Gasteiger charge is 2.53. The Labute approximate surface area is 151 Å². The van der Waals surface area contributed by atoms with Gasteiger partial charge in [-0.1, -0.05) is 6.07 Å². The van der Waals surface area contributed by atoms with E-state index in [1.165, 1.54) is 24.3 Å². The molecule has 2 aliphatic heterocycles. The van der Waals surface area contributed by atoms with Crippen LogP contribution in [-0.4, -0.2) is 16.2 Å². The third-order valence-corrected chi connectivity index (χ3v) is 5.16. The zero-order chi connectivity index (χ0) is 18.1. The van der Waals surface area contributed by atoms with E-state index in [0.29, 0.717) is 33.8 Å². The predicted octanol–water partition coefficient (Wildman–Crippen LogP) is 3.17. The first kappa shape index (κ1) is 15.2. The largest absolute Gasteiger partial charge is 0.508 e. The van der Waals surface area contributed by atoms with Gasteiger partial charge in [0.2, 0.25) is 0 Å². The molecule has 6 heteroatoms. The number of carbonyl (C=O) groups excluding carboxylic acids is 1. The Kier molecular flexibility index (Phi) is 2.92. The summed E-state index contributed by atoms with van der Waals surface area (Å²) >= 11 is 0. The number of fused-ring (bicyclic) bond motifs is 6. The van der Waals surface area contributed by atoms with Crippen molar-refractivity contribution in [1.82, 2.24) is 0 Å². The van der Waals surface area contributed by atoms with Gasteiger partial charge in [0.1, 0.15) is 23.0 Å². The number of aromatic hydroxyl groups is 2. The van der Waals surface area contributed by atoms with Gasteiger partial charge in [0, 0.05) is 28.8 Å². The maximum atomic E-state index is 12.6. The first-order chi connectivity index (χ1) is 12.5. The molecule has 0 radical (unpaired) electrons. The summed E-state index contributed by atoms with van der Waals surface area (Å²) in [6.07, 6.45) is 0. The van der Waals surface area contributed by atoms with Crippen molar-refractivity contribution in [1.29, 1.82) is 0 Å². The van der Waals surface area contributed by atoms with Crippen LogP contribution in [0.4, 0.5) is 0 Å². The van der Waals surface area contributed by atoms with Crippen molar-refractivity contribution in [2.24, 2.45) is 0 Å². The number of hydrogen-bond acceptors (Lipinski definition) is 5. The molecule has 0 amide bonds. The molecular formula is C20H13O5P. The molecule has 0 saturated heterocycles. The van der Waals surface area contributed by atoms with E-state index in [-0.39, 0.29) is 11.5 Å². The quantitative estimate of drug-likeness (QED) is 0.473. The Morgan fingerprint density at radius 3 is 2.04 bits per heavy atom. The summed E-state index contributed by atoms with van der Waals surface area (Å²) in [6.45, 7) is 0. The van der Waals surface area contributed by atoms with E-state index in [9.17, 15) is 15.0 Å². The Bertz CT molecular complexity index is 1050. The van der Waals surface area contributed by atoms with Crippen LogP contribution in [0.25, 0.3) is 0 Å². The van der Waals surface area contributed by atoms with E-state index in [1.54, 1.807) is 18.2 Å². The Morgan fingerprint density at radius 2 is 1.42 bits per heavy atom. The number of benzene rings is 3. The van der Waals surface area contributed by atoms with Crippen molar-refractivity contribution < 1.29 is 24.5 Å². The molecule has 3 aromatic carbocycles. The summed E-state index contributed by atoms with van der Waals surface area (Å²) in [4.78, 5) is 12.6. The van der Waals surface area contributed by atoms with Crippen LogP contribution in [0.2, 0.25) is 0 Å². The zero-order valence-electron chi connectivity index (χ0n) is 13.4. The predicted molar refractivity (Wildman–Crippen MR) is 97.4 cm³/mol. The number of phenols is 2. The SMILES string of the molecule is O=C1OC2(c3ccc(O)cc3Oc3cc(O)ccc32)c2cc(P)ccc21. The summed E-state index contributed by atoms with van der Waals surface area (Å²) in [7, 11) is 2.62. The third-order valence-electron chi connectivity index (χ3n) is 4.80. The van der Waals surface area contributed by atoms with E-state index >= 15 is 0 Å². The highest BCUT2D eigenvalue weighted by Crippen LogP contribution is 2.56. The van der Waals surface area contributed by atoms with Crippen LogP contribution in [0.1, 0.15) is 27.0 Å². The van der Waals surface area contributed by atoms with Crippen LogP contribution in [-0.2, 0) is 10.3 Å². The Hall–Kier alpha value is -3.04. The van der Waals surface area contributed by atoms with Crippen LogP contribution in [0.5, 0.6) is 23.0 Å². The fourth-order valence-corrected chi connectivity index (χ4v) is 3.98. The summed E-state index contributed by atoms with van der Waals surface area (Å²) < 4.78 is 11.8. The maximum absolute atomic E-state index is 12.6. The molecule has 1 unspecified atom stereocenters. The van der Waals surface area contributed by atoms with Crippen molar-refractivity contribution in [3.8, 4) is 23.0 Å². The van der Waals surface area contributed by atoms with Gasteiger partial charge in [0.05, 0.1) is 5.56 Å². The monoisotopic (exact) mass is 364 g/mol. The second-order valence-electron chi connectivity index (χ2n) is 6.34. The minimum Gasteiger partial charge on any atom is -0.508 e. The summed E-state index contributed by atoms with van der Waals surface area (Å²) in [5, 5.41) is 20.7. The van der Waals surface area contributed by atoms with Crippen LogP contribution in [0.3, 0.4) is 0 Å². The lowest BCUT2D eigenvalue weighted by atomic mass is 9.77. The summed E-state index contributed by atoms with van der Waals surface area (Å²) in [5.74, 6) is 0.388. The molecule has 2 aliphatic rings. The number of phenolic OH excluding ortho intramolecular Hbond substituents is 2. The zero-order valence-corrected chi connectivity index (χ0v) is 14.5. The Balaban J connectivity index is 1.92. The molecule has 1 atom stereocenters. The fourth-order valence-electron chi connectivity index (χ4n) is 3.72. The standard InChI is InChI=1S/C20H13O5P/c21-10-1-5-14-17(7-10)24-18-8-11(22)2-6-15(18)20(14)16-9-12(26)3-4-13(16)19(23)25-20/h1-9,21-22H,26H2. The van der Waals surface area contributed by atoms with Crippen molar-refractivity contribution in [3.05, 3.63) is 76.9 Å². The minimum atomic E-state index is -1.19. The number of hydrogen-bond donors (Lipinski definition) is 2. The molecule has 0 aromatic heterocycles. The second-order valence-corrected chi connectivity index (χ2v) is 7.01. The van der Waals surface area contributed by atoms with Gasteiger partial charge in [-0.3, -0.25) is 0 Å². The smallest absolute Gasteiger partial charge is 0.340 e. The van der Waals surface area contributed by atoms with Crippen LogP contribution >= 0.6 is 9.24 Å². The highest BCUT2D eigenvalue weighted by atomic mass is 31.0. The third kappa shape index (κ3) is 1.86. The van der Waals surface area contributed by atoms with Gasteiger partial charge in [0.25, 0.3) is 0 Å². The van der Waals surface area contributed by atoms with E-state index in [0.717, 1.165) is 5.30 Å². The van der Waals surface area contributed by atoms with Gasteiger partial charge in [-0.25, -0.2) is 4.79 Å². The Morgan fingerprint density at radius 1 is 0.808 bits per heavy atom. The lowest BCUT2D eigenvalue weighted by molar-refractivity contribution is 0.0224. The van der Waals surface area contributed by atoms with Crippen LogP contribution < -0.4 is 10.0 Å². The average Bonchev–Trinajstić information content (AvgIpc) is 2.87. The van der Waals surface area contributed by atoms with E-state index in [1.807, 2.05) is 12.1 Å². The van der Waals surface area contributed by atoms with Gasteiger partial charge in [-0.05, 0) is 41.7 Å². The molecule has 2 N–H and O–H groups in total. The van der Waals surface area contributed by atoms with Crippen molar-refractivity contribution in [3.63, 3.8) is 0 Å². The molecule has 5 nitrogen and oxygen atoms in total. The van der Waals surface area contributed by atoms with Crippen molar-refractivity contribution in [2.45, 2.75) is 5.60 Å².